The zero-order valence-corrected chi connectivity index (χ0v) is 16.2. The summed E-state index contributed by atoms with van der Waals surface area (Å²) in [6.45, 7) is -0.198. The summed E-state index contributed by atoms with van der Waals surface area (Å²) < 4.78 is 0. The van der Waals surface area contributed by atoms with Crippen molar-refractivity contribution in [1.82, 2.24) is 9.80 Å². The lowest BCUT2D eigenvalue weighted by Gasteiger charge is -2.19. The molecule has 0 spiro atoms. The van der Waals surface area contributed by atoms with Gasteiger partial charge in [0.1, 0.15) is 0 Å². The standard InChI is InChI=1S/C20H15N3O6S/c24-16-13-3-1-2-4-14(13)17(25)22(16)9-10-23-18(26)15(30-20(23)29)21-12-7-5-11(6-8-12)19(27)28/h1-8,15,21H,9-10H2,(H,27,28). The van der Waals surface area contributed by atoms with Gasteiger partial charge in [0.05, 0.1) is 16.7 Å². The first-order valence-electron chi connectivity index (χ1n) is 8.94. The van der Waals surface area contributed by atoms with Crippen LogP contribution in [-0.4, -0.2) is 62.3 Å². The molecule has 2 aliphatic rings. The molecule has 0 aromatic heterocycles. The summed E-state index contributed by atoms with van der Waals surface area (Å²) in [4.78, 5) is 62.7. The molecule has 0 bridgehead atoms. The van der Waals surface area contributed by atoms with Gasteiger partial charge >= 0.3 is 5.97 Å². The third kappa shape index (κ3) is 3.41. The summed E-state index contributed by atoms with van der Waals surface area (Å²) in [7, 11) is 0. The molecule has 0 radical (unpaired) electrons. The molecule has 2 aliphatic heterocycles. The zero-order chi connectivity index (χ0) is 21.4. The molecule has 2 aromatic rings. The van der Waals surface area contributed by atoms with Crippen LogP contribution in [0.25, 0.3) is 0 Å². The van der Waals surface area contributed by atoms with Gasteiger partial charge in [-0.05, 0) is 48.2 Å². The predicted molar refractivity (Wildman–Crippen MR) is 107 cm³/mol. The first-order chi connectivity index (χ1) is 14.4. The first-order valence-corrected chi connectivity index (χ1v) is 9.82. The smallest absolute Gasteiger partial charge is 0.335 e. The van der Waals surface area contributed by atoms with Crippen LogP contribution in [0.1, 0.15) is 31.1 Å². The number of anilines is 1. The number of nitrogens with zero attached hydrogens (tertiary/aromatic N) is 2. The Morgan fingerprint density at radius 1 is 0.900 bits per heavy atom. The van der Waals surface area contributed by atoms with Gasteiger partial charge in [-0.25, -0.2) is 4.79 Å². The van der Waals surface area contributed by atoms with E-state index < -0.39 is 34.3 Å². The summed E-state index contributed by atoms with van der Waals surface area (Å²) in [6, 6.07) is 12.2. The number of thioether (sulfide) groups is 1. The van der Waals surface area contributed by atoms with Crippen molar-refractivity contribution in [3.8, 4) is 0 Å². The average molecular weight is 425 g/mol. The van der Waals surface area contributed by atoms with E-state index in [1.54, 1.807) is 24.3 Å². The number of imide groups is 2. The lowest BCUT2D eigenvalue weighted by Crippen LogP contribution is -2.41. The summed E-state index contributed by atoms with van der Waals surface area (Å²) in [5.41, 5.74) is 1.20. The first kappa shape index (κ1) is 19.6. The van der Waals surface area contributed by atoms with Crippen LogP contribution in [0.3, 0.4) is 0 Å². The van der Waals surface area contributed by atoms with E-state index in [0.717, 1.165) is 21.6 Å². The van der Waals surface area contributed by atoms with Gasteiger partial charge in [0.2, 0.25) is 0 Å². The predicted octanol–water partition coefficient (Wildman–Crippen LogP) is 2.11. The van der Waals surface area contributed by atoms with E-state index in [1.807, 2.05) is 0 Å². The van der Waals surface area contributed by atoms with Crippen LogP contribution >= 0.6 is 11.8 Å². The highest BCUT2D eigenvalue weighted by Gasteiger charge is 2.41. The number of benzene rings is 2. The molecular weight excluding hydrogens is 410 g/mol. The Morgan fingerprint density at radius 2 is 1.47 bits per heavy atom. The molecule has 10 heteroatoms. The Kier molecular flexibility index (Phi) is 5.00. The molecule has 4 amide bonds. The number of hydrogen-bond donors (Lipinski definition) is 2. The minimum Gasteiger partial charge on any atom is -0.478 e. The number of fused-ring (bicyclic) bond motifs is 1. The lowest BCUT2D eigenvalue weighted by molar-refractivity contribution is -0.126. The maximum Gasteiger partial charge on any atom is 0.335 e. The Bertz CT molecular complexity index is 1050. The Labute approximate surface area is 174 Å². The highest BCUT2D eigenvalue weighted by atomic mass is 32.2. The number of hydrogen-bond acceptors (Lipinski definition) is 7. The zero-order valence-electron chi connectivity index (χ0n) is 15.4. The van der Waals surface area contributed by atoms with Gasteiger partial charge in [-0.3, -0.25) is 29.0 Å². The molecule has 1 fully saturated rings. The highest BCUT2D eigenvalue weighted by Crippen LogP contribution is 2.29. The number of nitrogens with one attached hydrogen (secondary N) is 1. The molecule has 9 nitrogen and oxygen atoms in total. The van der Waals surface area contributed by atoms with Gasteiger partial charge in [0.15, 0.2) is 5.37 Å². The number of carbonyl (C=O) groups excluding carboxylic acids is 4. The second kappa shape index (κ2) is 7.64. The number of carboxylic acid groups (broad SMARTS) is 1. The van der Waals surface area contributed by atoms with Crippen molar-refractivity contribution in [3.63, 3.8) is 0 Å². The maximum atomic E-state index is 12.6. The van der Waals surface area contributed by atoms with E-state index in [9.17, 15) is 24.0 Å². The number of aromatic carboxylic acids is 1. The van der Waals surface area contributed by atoms with Crippen molar-refractivity contribution < 1.29 is 29.1 Å². The fourth-order valence-electron chi connectivity index (χ4n) is 3.24. The van der Waals surface area contributed by atoms with Crippen molar-refractivity contribution in [3.05, 3.63) is 65.2 Å². The summed E-state index contributed by atoms with van der Waals surface area (Å²) in [5, 5.41) is 10.5. The summed E-state index contributed by atoms with van der Waals surface area (Å²) in [5.74, 6) is -2.46. The Hall–Kier alpha value is -3.66. The molecule has 1 saturated heterocycles. The van der Waals surface area contributed by atoms with Gasteiger partial charge < -0.3 is 10.4 Å². The third-order valence-corrected chi connectivity index (χ3v) is 5.76. The van der Waals surface area contributed by atoms with Gasteiger partial charge in [-0.2, -0.15) is 0 Å². The Morgan fingerprint density at radius 3 is 2.03 bits per heavy atom. The lowest BCUT2D eigenvalue weighted by atomic mass is 10.1. The number of rotatable bonds is 6. The monoisotopic (exact) mass is 425 g/mol. The molecule has 2 N–H and O–H groups in total. The van der Waals surface area contributed by atoms with Crippen LogP contribution < -0.4 is 5.32 Å². The third-order valence-electron chi connectivity index (χ3n) is 4.78. The van der Waals surface area contributed by atoms with E-state index in [4.69, 9.17) is 5.11 Å². The summed E-state index contributed by atoms with van der Waals surface area (Å²) in [6.07, 6.45) is 0. The van der Waals surface area contributed by atoms with E-state index in [1.165, 1.54) is 24.3 Å². The van der Waals surface area contributed by atoms with Crippen molar-refractivity contribution in [2.45, 2.75) is 5.37 Å². The van der Waals surface area contributed by atoms with E-state index in [2.05, 4.69) is 5.32 Å². The molecule has 152 valence electrons. The SMILES string of the molecule is O=C(O)c1ccc(NC2SC(=O)N(CCN3C(=O)c4ccccc4C3=O)C2=O)cc1. The van der Waals surface area contributed by atoms with Crippen LogP contribution in [0.2, 0.25) is 0 Å². The molecule has 4 rings (SSSR count). The van der Waals surface area contributed by atoms with Crippen LogP contribution in [0, 0.1) is 0 Å². The number of amides is 4. The normalized spacial score (nSPS) is 18.2. The molecule has 2 heterocycles. The van der Waals surface area contributed by atoms with Gasteiger partial charge in [-0.15, -0.1) is 0 Å². The minimum absolute atomic E-state index is 0.0928. The van der Waals surface area contributed by atoms with Gasteiger partial charge in [0, 0.05) is 18.8 Å². The number of carbonyl (C=O) groups is 5. The average Bonchev–Trinajstić information content (AvgIpc) is 3.14. The van der Waals surface area contributed by atoms with Crippen molar-refractivity contribution >= 4 is 46.4 Å². The highest BCUT2D eigenvalue weighted by molar-refractivity contribution is 8.15. The molecule has 2 aromatic carbocycles. The van der Waals surface area contributed by atoms with Gasteiger partial charge in [0.25, 0.3) is 23.0 Å². The van der Waals surface area contributed by atoms with E-state index in [0.29, 0.717) is 16.8 Å². The topological polar surface area (TPSA) is 124 Å². The van der Waals surface area contributed by atoms with E-state index in [-0.39, 0.29) is 18.7 Å². The molecule has 30 heavy (non-hydrogen) atoms. The van der Waals surface area contributed by atoms with E-state index >= 15 is 0 Å². The largest absolute Gasteiger partial charge is 0.478 e. The second-order valence-electron chi connectivity index (χ2n) is 6.59. The molecule has 0 saturated carbocycles. The fraction of sp³-hybridized carbons (Fsp3) is 0.150. The molecule has 1 atom stereocenters. The van der Waals surface area contributed by atoms with Crippen molar-refractivity contribution in [2.24, 2.45) is 0 Å². The van der Waals surface area contributed by atoms with Crippen molar-refractivity contribution in [1.29, 1.82) is 0 Å². The maximum absolute atomic E-state index is 12.6. The molecule has 0 aliphatic carbocycles. The quantitative estimate of drug-likeness (QED) is 0.675. The fourth-order valence-corrected chi connectivity index (χ4v) is 4.17. The molecule has 1 unspecified atom stereocenters. The van der Waals surface area contributed by atoms with Crippen molar-refractivity contribution in [2.75, 3.05) is 18.4 Å². The van der Waals surface area contributed by atoms with Crippen LogP contribution in [0.15, 0.2) is 48.5 Å². The molecular formula is C20H15N3O6S. The second-order valence-corrected chi connectivity index (χ2v) is 7.64. The van der Waals surface area contributed by atoms with Crippen LogP contribution in [-0.2, 0) is 4.79 Å². The number of carboxylic acids is 1. The minimum atomic E-state index is -1.07. The van der Waals surface area contributed by atoms with Crippen LogP contribution in [0.4, 0.5) is 10.5 Å². The summed E-state index contributed by atoms with van der Waals surface area (Å²) >= 11 is 0.780. The Balaban J connectivity index is 1.39. The van der Waals surface area contributed by atoms with Crippen LogP contribution in [0.5, 0.6) is 0 Å². The van der Waals surface area contributed by atoms with Gasteiger partial charge in [-0.1, -0.05) is 12.1 Å².